The van der Waals surface area contributed by atoms with E-state index in [1.165, 1.54) is 12.1 Å². The Hall–Kier alpha value is -4.01. The van der Waals surface area contributed by atoms with E-state index in [1.54, 1.807) is 23.1 Å². The fourth-order valence-corrected chi connectivity index (χ4v) is 4.90. The number of carbonyl (C=O) groups is 1. The molecule has 192 valence electrons. The van der Waals surface area contributed by atoms with Crippen LogP contribution in [0.2, 0.25) is 0 Å². The first-order valence-corrected chi connectivity index (χ1v) is 12.2. The molecule has 1 atom stereocenters. The topological polar surface area (TPSA) is 52.9 Å². The third-order valence-corrected chi connectivity index (χ3v) is 6.77. The number of nitrogens with zero attached hydrogens (tertiary/aromatic N) is 4. The van der Waals surface area contributed by atoms with Crippen molar-refractivity contribution in [3.05, 3.63) is 84.3 Å². The molecule has 5 rings (SSSR count). The van der Waals surface area contributed by atoms with Crippen molar-refractivity contribution in [3.8, 4) is 11.3 Å². The molecule has 1 fully saturated rings. The smallest absolute Gasteiger partial charge is 0.378 e. The second-order valence-corrected chi connectivity index (χ2v) is 9.47. The Kier molecular flexibility index (Phi) is 6.54. The predicted molar refractivity (Wildman–Crippen MR) is 139 cm³/mol. The van der Waals surface area contributed by atoms with Gasteiger partial charge in [0.15, 0.2) is 0 Å². The minimum absolute atomic E-state index is 0.0523. The number of hydrogen-bond acceptors (Lipinski definition) is 3. The number of pyridine rings is 1. The highest BCUT2D eigenvalue weighted by molar-refractivity contribution is 5.89. The number of halogens is 3. The van der Waals surface area contributed by atoms with Gasteiger partial charge in [-0.1, -0.05) is 24.3 Å². The normalized spacial score (nSPS) is 16.1. The molecule has 1 aliphatic rings. The minimum atomic E-state index is -4.49. The number of nitrogens with one attached hydrogen (secondary N) is 1. The van der Waals surface area contributed by atoms with E-state index >= 15 is 0 Å². The fourth-order valence-electron chi connectivity index (χ4n) is 4.90. The minimum Gasteiger partial charge on any atom is -0.378 e. The Balaban J connectivity index is 1.43. The van der Waals surface area contributed by atoms with Crippen molar-refractivity contribution >= 4 is 22.9 Å². The van der Waals surface area contributed by atoms with Crippen LogP contribution in [0.4, 0.5) is 29.3 Å². The summed E-state index contributed by atoms with van der Waals surface area (Å²) in [7, 11) is 3.90. The average Bonchev–Trinajstić information content (AvgIpc) is 3.28. The van der Waals surface area contributed by atoms with Crippen LogP contribution >= 0.6 is 0 Å². The van der Waals surface area contributed by atoms with E-state index in [0.29, 0.717) is 35.8 Å². The number of likely N-dealkylation sites (tertiary alicyclic amines) is 1. The van der Waals surface area contributed by atoms with Gasteiger partial charge < -0.3 is 19.5 Å². The maximum atomic E-state index is 13.8. The van der Waals surface area contributed by atoms with Gasteiger partial charge in [-0.3, -0.25) is 0 Å². The van der Waals surface area contributed by atoms with Crippen LogP contribution in [0.1, 0.15) is 30.1 Å². The Labute approximate surface area is 213 Å². The van der Waals surface area contributed by atoms with Crippen molar-refractivity contribution in [2.75, 3.05) is 37.4 Å². The number of carbonyl (C=O) groups excluding carboxylic acids is 1. The zero-order valence-corrected chi connectivity index (χ0v) is 20.7. The fraction of sp³-hybridized carbons (Fsp3) is 0.286. The molecule has 4 aromatic rings. The molecule has 2 aromatic carbocycles. The van der Waals surface area contributed by atoms with Crippen LogP contribution in [0.25, 0.3) is 16.8 Å². The lowest BCUT2D eigenvalue weighted by molar-refractivity contribution is -0.137. The average molecular weight is 508 g/mol. The summed E-state index contributed by atoms with van der Waals surface area (Å²) in [6.45, 7) is 1.03. The van der Waals surface area contributed by atoms with Crippen molar-refractivity contribution in [1.82, 2.24) is 14.3 Å². The molecule has 1 aliphatic heterocycles. The van der Waals surface area contributed by atoms with Crippen molar-refractivity contribution in [1.29, 1.82) is 0 Å². The summed E-state index contributed by atoms with van der Waals surface area (Å²) in [5.41, 5.74) is 1.98. The van der Waals surface area contributed by atoms with Gasteiger partial charge >= 0.3 is 12.2 Å². The number of hydrogen-bond donors (Lipinski definition) is 1. The highest BCUT2D eigenvalue weighted by atomic mass is 19.4. The summed E-state index contributed by atoms with van der Waals surface area (Å²) in [5, 5.41) is 2.96. The molecule has 0 bridgehead atoms. The molecule has 1 saturated heterocycles. The first-order chi connectivity index (χ1) is 17.7. The van der Waals surface area contributed by atoms with Crippen LogP contribution < -0.4 is 10.2 Å². The molecule has 0 aliphatic carbocycles. The number of urea groups is 1. The molecule has 6 nitrogen and oxygen atoms in total. The molecule has 2 aromatic heterocycles. The van der Waals surface area contributed by atoms with E-state index in [1.807, 2.05) is 59.9 Å². The van der Waals surface area contributed by atoms with E-state index in [-0.39, 0.29) is 17.5 Å². The van der Waals surface area contributed by atoms with E-state index in [2.05, 4.69) is 5.32 Å². The number of imidazole rings is 1. The number of benzene rings is 2. The summed E-state index contributed by atoms with van der Waals surface area (Å²) in [4.78, 5) is 21.6. The van der Waals surface area contributed by atoms with Crippen molar-refractivity contribution < 1.29 is 18.0 Å². The van der Waals surface area contributed by atoms with Gasteiger partial charge in [-0.05, 0) is 55.3 Å². The lowest BCUT2D eigenvalue weighted by atomic mass is 9.97. The zero-order valence-electron chi connectivity index (χ0n) is 20.7. The molecule has 37 heavy (non-hydrogen) atoms. The second kappa shape index (κ2) is 9.80. The third kappa shape index (κ3) is 4.98. The summed E-state index contributed by atoms with van der Waals surface area (Å²) < 4.78 is 43.2. The first-order valence-electron chi connectivity index (χ1n) is 12.2. The summed E-state index contributed by atoms with van der Waals surface area (Å²) in [6, 6.07) is 18.3. The molecule has 0 saturated carbocycles. The quantitative estimate of drug-likeness (QED) is 0.343. The Morgan fingerprint density at radius 1 is 1.03 bits per heavy atom. The van der Waals surface area contributed by atoms with Gasteiger partial charge in [-0.25, -0.2) is 9.78 Å². The van der Waals surface area contributed by atoms with Crippen LogP contribution in [-0.2, 0) is 6.18 Å². The standard InChI is InChI=1S/C28H28F3N5O/c1-34(2)21-14-12-20(13-15-21)32-27(37)35-16-7-8-19(18-35)26-33-25(24-11-5-6-17-36(24)26)22-9-3-4-10-23(22)28(29,30)31/h3-6,9-15,17,19H,7-8,16,18H2,1-2H3,(H,32,37)/t19-/m1/s1. The van der Waals surface area contributed by atoms with Crippen molar-refractivity contribution in [2.24, 2.45) is 0 Å². The van der Waals surface area contributed by atoms with E-state index < -0.39 is 11.7 Å². The maximum absolute atomic E-state index is 13.8. The monoisotopic (exact) mass is 507 g/mol. The molecular weight excluding hydrogens is 479 g/mol. The van der Waals surface area contributed by atoms with Crippen LogP contribution in [0.5, 0.6) is 0 Å². The van der Waals surface area contributed by atoms with Gasteiger partial charge in [-0.2, -0.15) is 13.2 Å². The lowest BCUT2D eigenvalue weighted by Gasteiger charge is -2.32. The lowest BCUT2D eigenvalue weighted by Crippen LogP contribution is -2.42. The number of anilines is 2. The van der Waals surface area contributed by atoms with Crippen LogP contribution in [0.15, 0.2) is 72.9 Å². The van der Waals surface area contributed by atoms with Crippen LogP contribution in [0.3, 0.4) is 0 Å². The summed E-state index contributed by atoms with van der Waals surface area (Å²) in [5.74, 6) is 0.549. The second-order valence-electron chi connectivity index (χ2n) is 9.47. The molecule has 0 unspecified atom stereocenters. The highest BCUT2D eigenvalue weighted by Gasteiger charge is 2.35. The molecule has 1 N–H and O–H groups in total. The Morgan fingerprint density at radius 3 is 2.49 bits per heavy atom. The van der Waals surface area contributed by atoms with Crippen LogP contribution in [-0.4, -0.2) is 47.5 Å². The number of alkyl halides is 3. The van der Waals surface area contributed by atoms with Gasteiger partial charge in [0, 0.05) is 56.2 Å². The molecule has 9 heteroatoms. The highest BCUT2D eigenvalue weighted by Crippen LogP contribution is 2.39. The molecule has 2 amide bonds. The van der Waals surface area contributed by atoms with Gasteiger partial charge in [0.25, 0.3) is 0 Å². The Bertz CT molecular complexity index is 1410. The van der Waals surface area contributed by atoms with Crippen molar-refractivity contribution in [2.45, 2.75) is 24.9 Å². The third-order valence-electron chi connectivity index (χ3n) is 6.77. The number of aromatic nitrogens is 2. The first kappa shape index (κ1) is 24.7. The molecule has 0 spiro atoms. The van der Waals surface area contributed by atoms with Crippen molar-refractivity contribution in [3.63, 3.8) is 0 Å². The maximum Gasteiger partial charge on any atom is 0.417 e. The molecule has 0 radical (unpaired) electrons. The van der Waals surface area contributed by atoms with Gasteiger partial charge in [0.1, 0.15) is 5.82 Å². The Morgan fingerprint density at radius 2 is 1.76 bits per heavy atom. The number of amides is 2. The summed E-state index contributed by atoms with van der Waals surface area (Å²) >= 11 is 0. The SMILES string of the molecule is CN(C)c1ccc(NC(=O)N2CCC[C@@H](c3nc(-c4ccccc4C(F)(F)F)c4ccccn34)C2)cc1. The van der Waals surface area contributed by atoms with Gasteiger partial charge in [-0.15, -0.1) is 0 Å². The predicted octanol–water partition coefficient (Wildman–Crippen LogP) is 6.50. The summed E-state index contributed by atoms with van der Waals surface area (Å²) in [6.07, 6.45) is -1.11. The molecule has 3 heterocycles. The van der Waals surface area contributed by atoms with Gasteiger partial charge in [0.05, 0.1) is 16.8 Å². The van der Waals surface area contributed by atoms with E-state index in [0.717, 1.165) is 24.6 Å². The zero-order chi connectivity index (χ0) is 26.2. The van der Waals surface area contributed by atoms with Crippen LogP contribution in [0, 0.1) is 0 Å². The van der Waals surface area contributed by atoms with E-state index in [9.17, 15) is 18.0 Å². The number of fused-ring (bicyclic) bond motifs is 1. The number of rotatable bonds is 4. The number of piperidine rings is 1. The van der Waals surface area contributed by atoms with E-state index in [4.69, 9.17) is 4.98 Å². The largest absolute Gasteiger partial charge is 0.417 e. The molecular formula is C28H28F3N5O. The van der Waals surface area contributed by atoms with Gasteiger partial charge in [0.2, 0.25) is 0 Å².